The van der Waals surface area contributed by atoms with Crippen molar-refractivity contribution < 1.29 is 27.5 Å². The number of carbonyl (C=O) groups excluding carboxylic acids is 1. The molecule has 0 amide bonds. The van der Waals surface area contributed by atoms with Crippen molar-refractivity contribution in [3.8, 4) is 5.75 Å². The van der Waals surface area contributed by atoms with Crippen LogP contribution in [-0.2, 0) is 9.63 Å². The summed E-state index contributed by atoms with van der Waals surface area (Å²) in [6, 6.07) is 14.3. The number of carbonyl (C=O) groups is 1. The first-order valence-corrected chi connectivity index (χ1v) is 8.64. The normalized spacial score (nSPS) is 29.0. The molecule has 0 bridgehead atoms. The largest absolute Gasteiger partial charge is 0.426 e. The van der Waals surface area contributed by atoms with E-state index in [2.05, 4.69) is 0 Å². The Labute approximate surface area is 154 Å². The van der Waals surface area contributed by atoms with Crippen LogP contribution < -0.4 is 4.74 Å². The lowest BCUT2D eigenvalue weighted by atomic mass is 9.79. The molecule has 0 N–H and O–H groups in total. The van der Waals surface area contributed by atoms with Crippen LogP contribution in [0.5, 0.6) is 5.75 Å². The zero-order valence-corrected chi connectivity index (χ0v) is 14.7. The van der Waals surface area contributed by atoms with Crippen LogP contribution in [0.15, 0.2) is 54.6 Å². The first-order valence-electron chi connectivity index (χ1n) is 8.64. The van der Waals surface area contributed by atoms with Crippen LogP contribution in [0.4, 0.5) is 13.2 Å². The summed E-state index contributed by atoms with van der Waals surface area (Å²) in [5, 5.41) is 1.30. The topological polar surface area (TPSA) is 38.8 Å². The van der Waals surface area contributed by atoms with E-state index in [0.29, 0.717) is 5.56 Å². The molecule has 4 rings (SSSR count). The molecule has 2 aliphatic rings. The molecule has 27 heavy (non-hydrogen) atoms. The number of nitrogens with zero attached hydrogens (tertiary/aromatic N) is 1. The molecule has 1 saturated heterocycles. The summed E-state index contributed by atoms with van der Waals surface area (Å²) in [4.78, 5) is 18.1. The van der Waals surface area contributed by atoms with Crippen molar-refractivity contribution in [3.63, 3.8) is 0 Å². The van der Waals surface area contributed by atoms with Crippen molar-refractivity contribution in [1.82, 2.24) is 5.06 Å². The van der Waals surface area contributed by atoms with Crippen LogP contribution in [0.1, 0.15) is 37.1 Å². The minimum atomic E-state index is -4.74. The third-order valence-corrected chi connectivity index (χ3v) is 5.41. The van der Waals surface area contributed by atoms with E-state index >= 15 is 0 Å². The molecular formula is C20H18F3NO3. The molecule has 1 fully saturated rings. The lowest BCUT2D eigenvalue weighted by molar-refractivity contribution is -0.327. The fourth-order valence-corrected chi connectivity index (χ4v) is 3.87. The zero-order valence-electron chi connectivity index (χ0n) is 14.7. The van der Waals surface area contributed by atoms with Gasteiger partial charge in [-0.3, -0.25) is 9.63 Å². The van der Waals surface area contributed by atoms with E-state index < -0.39 is 35.7 Å². The SMILES string of the molecule is C[C@@H](c1ccccc1)N1O[C@@](C)(C(F)(F)F)[C@@H]2C(=O)Oc3ccccc3[C@@H]21. The van der Waals surface area contributed by atoms with E-state index in [-0.39, 0.29) is 5.75 Å². The average Bonchev–Trinajstić information content (AvgIpc) is 2.97. The van der Waals surface area contributed by atoms with Crippen molar-refractivity contribution in [2.24, 2.45) is 5.92 Å². The molecule has 0 spiro atoms. The van der Waals surface area contributed by atoms with Gasteiger partial charge in [0.1, 0.15) is 11.7 Å². The maximum Gasteiger partial charge on any atom is 0.420 e. The van der Waals surface area contributed by atoms with Gasteiger partial charge in [-0.05, 0) is 25.5 Å². The average molecular weight is 377 g/mol. The first-order chi connectivity index (χ1) is 12.7. The number of hydroxylamine groups is 2. The smallest absolute Gasteiger partial charge is 0.420 e. The minimum absolute atomic E-state index is 0.268. The van der Waals surface area contributed by atoms with E-state index in [0.717, 1.165) is 12.5 Å². The molecule has 2 aliphatic heterocycles. The van der Waals surface area contributed by atoms with Crippen LogP contribution in [-0.4, -0.2) is 22.8 Å². The lowest BCUT2D eigenvalue weighted by Crippen LogP contribution is -2.52. The third-order valence-electron chi connectivity index (χ3n) is 5.41. The summed E-state index contributed by atoms with van der Waals surface area (Å²) in [6.45, 7) is 2.68. The molecular weight excluding hydrogens is 359 g/mol. The van der Waals surface area contributed by atoms with Gasteiger partial charge in [0.05, 0.1) is 12.1 Å². The van der Waals surface area contributed by atoms with Gasteiger partial charge in [-0.25, -0.2) is 0 Å². The Morgan fingerprint density at radius 1 is 1.07 bits per heavy atom. The third kappa shape index (κ3) is 2.64. The fraction of sp³-hybridized carbons (Fsp3) is 0.350. The molecule has 4 nitrogen and oxygen atoms in total. The first kappa shape index (κ1) is 18.0. The number of hydrogen-bond acceptors (Lipinski definition) is 4. The Morgan fingerprint density at radius 3 is 2.37 bits per heavy atom. The van der Waals surface area contributed by atoms with Crippen molar-refractivity contribution in [2.45, 2.75) is 37.7 Å². The fourth-order valence-electron chi connectivity index (χ4n) is 3.87. The molecule has 0 unspecified atom stereocenters. The summed E-state index contributed by atoms with van der Waals surface area (Å²) in [6.07, 6.45) is -4.74. The van der Waals surface area contributed by atoms with Crippen LogP contribution >= 0.6 is 0 Å². The van der Waals surface area contributed by atoms with Gasteiger partial charge in [0.15, 0.2) is 5.60 Å². The van der Waals surface area contributed by atoms with Gasteiger partial charge in [-0.15, -0.1) is 0 Å². The Kier molecular flexibility index (Phi) is 4.05. The number of halogens is 3. The summed E-state index contributed by atoms with van der Waals surface area (Å²) in [5.41, 5.74) is -1.37. The van der Waals surface area contributed by atoms with Crippen molar-refractivity contribution >= 4 is 5.97 Å². The van der Waals surface area contributed by atoms with E-state index in [1.165, 1.54) is 5.06 Å². The molecule has 4 atom stereocenters. The van der Waals surface area contributed by atoms with Gasteiger partial charge in [-0.2, -0.15) is 18.2 Å². The van der Waals surface area contributed by atoms with Crippen LogP contribution in [0, 0.1) is 5.92 Å². The van der Waals surface area contributed by atoms with Crippen molar-refractivity contribution in [3.05, 3.63) is 65.7 Å². The summed E-state index contributed by atoms with van der Waals surface area (Å²) < 4.78 is 47.1. The molecule has 2 heterocycles. The number of ether oxygens (including phenoxy) is 1. The van der Waals surface area contributed by atoms with Gasteiger partial charge in [0, 0.05) is 5.56 Å². The number of hydrogen-bond donors (Lipinski definition) is 0. The molecule has 0 radical (unpaired) electrons. The van der Waals surface area contributed by atoms with E-state index in [1.807, 2.05) is 30.3 Å². The summed E-state index contributed by atoms with van der Waals surface area (Å²) in [5.74, 6) is -2.18. The van der Waals surface area contributed by atoms with Gasteiger partial charge >= 0.3 is 12.1 Å². The maximum atomic E-state index is 13.9. The predicted octanol–water partition coefficient (Wildman–Crippen LogP) is 4.59. The Bertz CT molecular complexity index is 870. The highest BCUT2D eigenvalue weighted by atomic mass is 19.4. The van der Waals surface area contributed by atoms with Crippen LogP contribution in [0.2, 0.25) is 0 Å². The molecule has 0 aromatic heterocycles. The summed E-state index contributed by atoms with van der Waals surface area (Å²) >= 11 is 0. The summed E-state index contributed by atoms with van der Waals surface area (Å²) in [7, 11) is 0. The number of fused-ring (bicyclic) bond motifs is 3. The second kappa shape index (κ2) is 6.07. The quantitative estimate of drug-likeness (QED) is 0.567. The predicted molar refractivity (Wildman–Crippen MR) is 90.5 cm³/mol. The van der Waals surface area contributed by atoms with Gasteiger partial charge in [0.2, 0.25) is 0 Å². The molecule has 2 aromatic carbocycles. The highest BCUT2D eigenvalue weighted by molar-refractivity contribution is 5.81. The Morgan fingerprint density at radius 2 is 1.70 bits per heavy atom. The molecule has 142 valence electrons. The van der Waals surface area contributed by atoms with Crippen LogP contribution in [0.25, 0.3) is 0 Å². The maximum absolute atomic E-state index is 13.9. The number of para-hydroxylation sites is 1. The zero-order chi connectivity index (χ0) is 19.4. The van der Waals surface area contributed by atoms with Gasteiger partial charge in [0.25, 0.3) is 0 Å². The van der Waals surface area contributed by atoms with E-state index in [9.17, 15) is 18.0 Å². The van der Waals surface area contributed by atoms with E-state index in [4.69, 9.17) is 9.57 Å². The number of benzene rings is 2. The van der Waals surface area contributed by atoms with Crippen molar-refractivity contribution in [1.29, 1.82) is 0 Å². The highest BCUT2D eigenvalue weighted by Crippen LogP contribution is 2.58. The number of rotatable bonds is 2. The second-order valence-electron chi connectivity index (χ2n) is 7.02. The van der Waals surface area contributed by atoms with Gasteiger partial charge < -0.3 is 4.74 Å². The van der Waals surface area contributed by atoms with E-state index in [1.54, 1.807) is 31.2 Å². The number of esters is 1. The molecule has 0 aliphatic carbocycles. The van der Waals surface area contributed by atoms with Crippen molar-refractivity contribution in [2.75, 3.05) is 0 Å². The minimum Gasteiger partial charge on any atom is -0.426 e. The molecule has 0 saturated carbocycles. The standard InChI is InChI=1S/C20H18F3NO3/c1-12(13-8-4-3-5-9-13)24-17-14-10-6-7-11-15(14)26-18(25)16(17)19(2,27-24)20(21,22)23/h3-12,16-17H,1-2H3/t12-,16-,17-,19+/m0/s1. The Hall–Kier alpha value is -2.38. The molecule has 2 aromatic rings. The lowest BCUT2D eigenvalue weighted by Gasteiger charge is -2.34. The second-order valence-corrected chi connectivity index (χ2v) is 7.02. The molecule has 7 heteroatoms. The Balaban J connectivity index is 1.86. The monoisotopic (exact) mass is 377 g/mol. The number of alkyl halides is 3. The van der Waals surface area contributed by atoms with Gasteiger partial charge in [-0.1, -0.05) is 48.5 Å². The highest BCUT2D eigenvalue weighted by Gasteiger charge is 2.70. The van der Waals surface area contributed by atoms with Crippen LogP contribution in [0.3, 0.4) is 0 Å².